The number of carbonyl (C=O) groups is 2. The highest BCUT2D eigenvalue weighted by molar-refractivity contribution is 5.97. The summed E-state index contributed by atoms with van der Waals surface area (Å²) in [5, 5.41) is 15.2. The summed E-state index contributed by atoms with van der Waals surface area (Å²) >= 11 is 0. The van der Waals surface area contributed by atoms with E-state index in [-0.39, 0.29) is 25.3 Å². The summed E-state index contributed by atoms with van der Waals surface area (Å²) < 4.78 is 31.7. The molecule has 0 fully saturated rings. The van der Waals surface area contributed by atoms with Crippen LogP contribution in [-0.4, -0.2) is 78.3 Å². The lowest BCUT2D eigenvalue weighted by atomic mass is 10.1. The van der Waals surface area contributed by atoms with Crippen molar-refractivity contribution in [2.24, 2.45) is 0 Å². The molecule has 2 amide bonds. The zero-order valence-electron chi connectivity index (χ0n) is 19.8. The second-order valence-electron chi connectivity index (χ2n) is 6.86. The highest BCUT2D eigenvalue weighted by atomic mass is 16.5. The van der Waals surface area contributed by atoms with Crippen LogP contribution in [0.4, 0.5) is 0 Å². The van der Waals surface area contributed by atoms with Crippen molar-refractivity contribution in [2.75, 3.05) is 55.2 Å². The molecule has 186 valence electrons. The van der Waals surface area contributed by atoms with E-state index in [1.807, 2.05) is 0 Å². The monoisotopic (exact) mass is 478 g/mol. The molecule has 0 aromatic heterocycles. The Hall–Kier alpha value is -3.86. The standard InChI is InChI=1S/C23H30N2O9/c1-29-16-7-6-8-17(30-2)22(16)34-13-15(26)11-24-20(27)12-25-23(28)14-9-18(31-3)21(33-5)19(10-14)32-4/h6-10,15,26H,11-13H2,1-5H3,(H,24,27)(H,25,28). The Labute approximate surface area is 197 Å². The number of nitrogens with one attached hydrogen (secondary N) is 2. The summed E-state index contributed by atoms with van der Waals surface area (Å²) in [5.41, 5.74) is 0.224. The van der Waals surface area contributed by atoms with Gasteiger partial charge in [0.1, 0.15) is 12.7 Å². The molecule has 0 heterocycles. The number of benzene rings is 2. The predicted molar refractivity (Wildman–Crippen MR) is 122 cm³/mol. The minimum Gasteiger partial charge on any atom is -0.493 e. The van der Waals surface area contributed by atoms with Gasteiger partial charge in [0.2, 0.25) is 17.4 Å². The van der Waals surface area contributed by atoms with Crippen LogP contribution in [0.15, 0.2) is 30.3 Å². The van der Waals surface area contributed by atoms with Gasteiger partial charge in [-0.3, -0.25) is 9.59 Å². The number of aliphatic hydroxyl groups excluding tert-OH is 1. The van der Waals surface area contributed by atoms with Crippen LogP contribution in [0.3, 0.4) is 0 Å². The van der Waals surface area contributed by atoms with Crippen molar-refractivity contribution >= 4 is 11.8 Å². The van der Waals surface area contributed by atoms with Crippen LogP contribution in [0.5, 0.6) is 34.5 Å². The number of para-hydroxylation sites is 1. The molecule has 11 nitrogen and oxygen atoms in total. The predicted octanol–water partition coefficient (Wildman–Crippen LogP) is 1.02. The molecule has 1 atom stereocenters. The summed E-state index contributed by atoms with van der Waals surface area (Å²) in [6, 6.07) is 8.09. The summed E-state index contributed by atoms with van der Waals surface area (Å²) in [5.74, 6) is 1.21. The molecule has 2 aromatic carbocycles. The van der Waals surface area contributed by atoms with E-state index in [4.69, 9.17) is 28.4 Å². The number of hydrogen-bond acceptors (Lipinski definition) is 9. The van der Waals surface area contributed by atoms with Crippen molar-refractivity contribution in [3.05, 3.63) is 35.9 Å². The summed E-state index contributed by atoms with van der Waals surface area (Å²) in [4.78, 5) is 24.6. The van der Waals surface area contributed by atoms with Crippen molar-refractivity contribution in [1.82, 2.24) is 10.6 Å². The zero-order chi connectivity index (χ0) is 25.1. The van der Waals surface area contributed by atoms with Gasteiger partial charge in [0.15, 0.2) is 23.0 Å². The molecular weight excluding hydrogens is 448 g/mol. The lowest BCUT2D eigenvalue weighted by Gasteiger charge is -2.17. The highest BCUT2D eigenvalue weighted by Crippen LogP contribution is 2.38. The summed E-state index contributed by atoms with van der Waals surface area (Å²) in [7, 11) is 7.31. The third-order valence-corrected chi connectivity index (χ3v) is 4.67. The Kier molecular flexibility index (Phi) is 10.1. The van der Waals surface area contributed by atoms with Gasteiger partial charge in [0, 0.05) is 12.1 Å². The number of aliphatic hydroxyl groups is 1. The minimum absolute atomic E-state index is 0.0870. The van der Waals surface area contributed by atoms with Gasteiger partial charge in [-0.25, -0.2) is 0 Å². The van der Waals surface area contributed by atoms with E-state index in [1.54, 1.807) is 18.2 Å². The van der Waals surface area contributed by atoms with Gasteiger partial charge in [0.05, 0.1) is 42.1 Å². The summed E-state index contributed by atoms with van der Waals surface area (Å²) in [6.07, 6.45) is -1.01. The normalized spacial score (nSPS) is 11.1. The third kappa shape index (κ3) is 6.82. The number of ether oxygens (including phenoxy) is 6. The molecule has 0 aliphatic heterocycles. The Morgan fingerprint density at radius 3 is 1.88 bits per heavy atom. The van der Waals surface area contributed by atoms with Gasteiger partial charge in [-0.1, -0.05) is 6.07 Å². The molecule has 2 rings (SSSR count). The van der Waals surface area contributed by atoms with Crippen molar-refractivity contribution in [1.29, 1.82) is 0 Å². The first kappa shape index (κ1) is 26.4. The molecule has 0 bridgehead atoms. The fourth-order valence-corrected chi connectivity index (χ4v) is 2.97. The SMILES string of the molecule is COc1cc(C(=O)NCC(=O)NCC(O)COc2c(OC)cccc2OC)cc(OC)c1OC. The molecule has 34 heavy (non-hydrogen) atoms. The molecule has 0 aliphatic carbocycles. The Bertz CT molecular complexity index is 934. The van der Waals surface area contributed by atoms with Crippen molar-refractivity contribution in [2.45, 2.75) is 6.10 Å². The van der Waals surface area contributed by atoms with Crippen LogP contribution < -0.4 is 39.1 Å². The summed E-state index contributed by atoms with van der Waals surface area (Å²) in [6.45, 7) is -0.505. The van der Waals surface area contributed by atoms with Crippen LogP contribution in [0, 0.1) is 0 Å². The molecule has 0 saturated heterocycles. The molecule has 0 aliphatic rings. The minimum atomic E-state index is -1.01. The molecular formula is C23H30N2O9. The van der Waals surface area contributed by atoms with Crippen molar-refractivity contribution in [3.63, 3.8) is 0 Å². The largest absolute Gasteiger partial charge is 0.493 e. The smallest absolute Gasteiger partial charge is 0.251 e. The average Bonchev–Trinajstić information content (AvgIpc) is 2.87. The van der Waals surface area contributed by atoms with Crippen LogP contribution in [0.25, 0.3) is 0 Å². The van der Waals surface area contributed by atoms with E-state index in [2.05, 4.69) is 10.6 Å². The number of rotatable bonds is 13. The highest BCUT2D eigenvalue weighted by Gasteiger charge is 2.18. The van der Waals surface area contributed by atoms with E-state index >= 15 is 0 Å². The van der Waals surface area contributed by atoms with Crippen LogP contribution in [0.2, 0.25) is 0 Å². The van der Waals surface area contributed by atoms with E-state index in [1.165, 1.54) is 47.7 Å². The Morgan fingerprint density at radius 2 is 1.38 bits per heavy atom. The second-order valence-corrected chi connectivity index (χ2v) is 6.86. The second kappa shape index (κ2) is 13.0. The molecule has 2 aromatic rings. The number of amides is 2. The maximum absolute atomic E-state index is 12.5. The molecule has 0 saturated carbocycles. The van der Waals surface area contributed by atoms with Crippen LogP contribution in [0.1, 0.15) is 10.4 Å². The quantitative estimate of drug-likeness (QED) is 0.386. The maximum Gasteiger partial charge on any atom is 0.251 e. The fourth-order valence-electron chi connectivity index (χ4n) is 2.97. The van der Waals surface area contributed by atoms with E-state index < -0.39 is 17.9 Å². The van der Waals surface area contributed by atoms with Crippen LogP contribution in [-0.2, 0) is 4.79 Å². The third-order valence-electron chi connectivity index (χ3n) is 4.67. The van der Waals surface area contributed by atoms with Gasteiger partial charge in [-0.05, 0) is 24.3 Å². The van der Waals surface area contributed by atoms with E-state index in [0.717, 1.165) is 0 Å². The van der Waals surface area contributed by atoms with E-state index in [0.29, 0.717) is 34.5 Å². The zero-order valence-corrected chi connectivity index (χ0v) is 19.8. The van der Waals surface area contributed by atoms with Crippen LogP contribution >= 0.6 is 0 Å². The Balaban J connectivity index is 1.85. The lowest BCUT2D eigenvalue weighted by Crippen LogP contribution is -2.41. The maximum atomic E-state index is 12.5. The first-order valence-electron chi connectivity index (χ1n) is 10.2. The van der Waals surface area contributed by atoms with Crippen molar-refractivity contribution < 1.29 is 43.1 Å². The fraction of sp³-hybridized carbons (Fsp3) is 0.391. The van der Waals surface area contributed by atoms with Gasteiger partial charge >= 0.3 is 0 Å². The van der Waals surface area contributed by atoms with Gasteiger partial charge < -0.3 is 44.2 Å². The number of carbonyl (C=O) groups excluding carboxylic acids is 2. The van der Waals surface area contributed by atoms with Gasteiger partial charge in [-0.2, -0.15) is 0 Å². The molecule has 11 heteroatoms. The topological polar surface area (TPSA) is 134 Å². The van der Waals surface area contributed by atoms with Crippen molar-refractivity contribution in [3.8, 4) is 34.5 Å². The molecule has 0 spiro atoms. The molecule has 0 radical (unpaired) electrons. The van der Waals surface area contributed by atoms with Gasteiger partial charge in [0.25, 0.3) is 5.91 Å². The first-order valence-corrected chi connectivity index (χ1v) is 10.2. The first-order chi connectivity index (χ1) is 16.4. The average molecular weight is 478 g/mol. The van der Waals surface area contributed by atoms with Gasteiger partial charge in [-0.15, -0.1) is 0 Å². The Morgan fingerprint density at radius 1 is 0.824 bits per heavy atom. The van der Waals surface area contributed by atoms with E-state index in [9.17, 15) is 14.7 Å². The number of hydrogen-bond donors (Lipinski definition) is 3. The molecule has 1 unspecified atom stereocenters. The molecule has 3 N–H and O–H groups in total. The number of methoxy groups -OCH3 is 5. The lowest BCUT2D eigenvalue weighted by molar-refractivity contribution is -0.120.